The highest BCUT2D eigenvalue weighted by molar-refractivity contribution is 7.85. The minimum atomic E-state index is -3.85. The molecule has 10 nitrogen and oxygen atoms in total. The summed E-state index contributed by atoms with van der Waals surface area (Å²) in [6, 6.07) is -0.639. The number of hydrogen-bond donors (Lipinski definition) is 3. The fraction of sp³-hybridized carbons (Fsp3) is 0.889. The standard InChI is InChI=1S/C27H53N3O7S/c1-5-37-27(33)25(18-13-14-20-28-24(2)31)29-26(32)19-12-10-8-6-7-9-11-15-21-30(3,4)22-16-17-23-38(34,35)36/h25H,5-23H2,1-4H3,(H2-,28,29,31,32,34,35,36)/p+1. The van der Waals surface area contributed by atoms with Crippen LogP contribution in [0.15, 0.2) is 0 Å². The first kappa shape index (κ1) is 36.3. The SMILES string of the molecule is CCOC(=O)C(CCCCNC(C)=O)NC(=O)CCCCCCCCCC[N+](C)(C)CCCCS(=O)(=O)O. The molecular formula is C27H54N3O7S+. The summed E-state index contributed by atoms with van der Waals surface area (Å²) in [7, 11) is 0.466. The molecule has 2 amide bonds. The van der Waals surface area contributed by atoms with Crippen LogP contribution < -0.4 is 10.6 Å². The number of carbonyl (C=O) groups is 3. The molecule has 0 saturated heterocycles. The summed E-state index contributed by atoms with van der Waals surface area (Å²) in [5.41, 5.74) is 0. The molecule has 0 heterocycles. The molecule has 0 aliphatic carbocycles. The quantitative estimate of drug-likeness (QED) is 0.0705. The van der Waals surface area contributed by atoms with Crippen LogP contribution in [0.5, 0.6) is 0 Å². The van der Waals surface area contributed by atoms with Gasteiger partial charge in [0.1, 0.15) is 6.04 Å². The van der Waals surface area contributed by atoms with Gasteiger partial charge in [-0.15, -0.1) is 0 Å². The topological polar surface area (TPSA) is 139 Å². The molecule has 38 heavy (non-hydrogen) atoms. The van der Waals surface area contributed by atoms with Gasteiger partial charge in [-0.25, -0.2) is 4.79 Å². The molecule has 0 aliphatic rings. The molecule has 1 atom stereocenters. The van der Waals surface area contributed by atoms with Crippen molar-refractivity contribution in [2.45, 2.75) is 110 Å². The number of carbonyl (C=O) groups excluding carboxylic acids is 3. The van der Waals surface area contributed by atoms with Gasteiger partial charge < -0.3 is 19.9 Å². The number of amides is 2. The van der Waals surface area contributed by atoms with E-state index in [1.165, 1.54) is 26.2 Å². The molecule has 0 bridgehead atoms. The number of nitrogens with zero attached hydrogens (tertiary/aromatic N) is 1. The van der Waals surface area contributed by atoms with Crippen molar-refractivity contribution in [3.8, 4) is 0 Å². The van der Waals surface area contributed by atoms with Crippen molar-refractivity contribution in [1.29, 1.82) is 0 Å². The van der Waals surface area contributed by atoms with E-state index in [1.807, 2.05) is 0 Å². The van der Waals surface area contributed by atoms with Crippen molar-refractivity contribution in [1.82, 2.24) is 10.6 Å². The molecule has 0 aromatic heterocycles. The molecular weight excluding hydrogens is 510 g/mol. The van der Waals surface area contributed by atoms with Crippen molar-refractivity contribution >= 4 is 27.9 Å². The molecule has 0 radical (unpaired) electrons. The van der Waals surface area contributed by atoms with Crippen LogP contribution in [-0.2, 0) is 29.2 Å². The predicted octanol–water partition coefficient (Wildman–Crippen LogP) is 3.60. The summed E-state index contributed by atoms with van der Waals surface area (Å²) in [4.78, 5) is 35.5. The van der Waals surface area contributed by atoms with Crippen LogP contribution in [0.1, 0.15) is 104 Å². The molecule has 0 aromatic carbocycles. The Balaban J connectivity index is 3.89. The average Bonchev–Trinajstić information content (AvgIpc) is 2.81. The minimum absolute atomic E-state index is 0.0790. The van der Waals surface area contributed by atoms with E-state index in [0.717, 1.165) is 62.5 Å². The zero-order valence-electron chi connectivity index (χ0n) is 24.3. The number of ether oxygens (including phenoxy) is 1. The summed E-state index contributed by atoms with van der Waals surface area (Å²) in [6.07, 6.45) is 12.3. The van der Waals surface area contributed by atoms with E-state index in [1.54, 1.807) is 6.92 Å². The molecule has 0 fully saturated rings. The number of nitrogens with one attached hydrogen (secondary N) is 2. The average molecular weight is 565 g/mol. The maximum atomic E-state index is 12.3. The van der Waals surface area contributed by atoms with Crippen molar-refractivity contribution in [2.24, 2.45) is 0 Å². The van der Waals surface area contributed by atoms with Crippen LogP contribution in [0.3, 0.4) is 0 Å². The van der Waals surface area contributed by atoms with Gasteiger partial charge in [0.15, 0.2) is 0 Å². The van der Waals surface area contributed by atoms with Crippen LogP contribution in [0.25, 0.3) is 0 Å². The van der Waals surface area contributed by atoms with Gasteiger partial charge in [0.25, 0.3) is 10.1 Å². The minimum Gasteiger partial charge on any atom is -0.464 e. The van der Waals surface area contributed by atoms with Crippen molar-refractivity contribution < 1.29 is 36.6 Å². The molecule has 11 heteroatoms. The Morgan fingerprint density at radius 2 is 1.39 bits per heavy atom. The summed E-state index contributed by atoms with van der Waals surface area (Å²) in [5, 5.41) is 5.55. The molecule has 224 valence electrons. The lowest BCUT2D eigenvalue weighted by atomic mass is 10.1. The normalized spacial score (nSPS) is 12.7. The second-order valence-corrected chi connectivity index (χ2v) is 12.4. The molecule has 0 aromatic rings. The van der Waals surface area contributed by atoms with Crippen LogP contribution in [0.4, 0.5) is 0 Å². The van der Waals surface area contributed by atoms with E-state index >= 15 is 0 Å². The predicted molar refractivity (Wildman–Crippen MR) is 150 cm³/mol. The van der Waals surface area contributed by atoms with Gasteiger partial charge in [-0.1, -0.05) is 32.1 Å². The number of unbranched alkanes of at least 4 members (excludes halogenated alkanes) is 9. The maximum absolute atomic E-state index is 12.3. The van der Waals surface area contributed by atoms with Gasteiger partial charge >= 0.3 is 5.97 Å². The highest BCUT2D eigenvalue weighted by Gasteiger charge is 2.21. The number of hydrogen-bond acceptors (Lipinski definition) is 6. The van der Waals surface area contributed by atoms with Crippen LogP contribution in [-0.4, -0.2) is 87.4 Å². The Kier molecular flexibility index (Phi) is 20.2. The van der Waals surface area contributed by atoms with Gasteiger partial charge in [-0.05, 0) is 58.3 Å². The third-order valence-electron chi connectivity index (χ3n) is 6.53. The number of esters is 1. The second-order valence-electron chi connectivity index (χ2n) is 10.8. The van der Waals surface area contributed by atoms with Crippen molar-refractivity contribution in [3.05, 3.63) is 0 Å². The second kappa shape index (κ2) is 21.1. The van der Waals surface area contributed by atoms with E-state index in [4.69, 9.17) is 9.29 Å². The zero-order valence-corrected chi connectivity index (χ0v) is 25.1. The first-order chi connectivity index (χ1) is 17.9. The Bertz CT molecular complexity index is 773. The fourth-order valence-corrected chi connectivity index (χ4v) is 4.89. The lowest BCUT2D eigenvalue weighted by molar-refractivity contribution is -0.890. The van der Waals surface area contributed by atoms with E-state index in [-0.39, 0.29) is 24.2 Å². The van der Waals surface area contributed by atoms with Gasteiger partial charge in [0.2, 0.25) is 11.8 Å². The molecule has 0 spiro atoms. The Morgan fingerprint density at radius 1 is 0.842 bits per heavy atom. The summed E-state index contributed by atoms with van der Waals surface area (Å²) < 4.78 is 36.4. The fourth-order valence-electron chi connectivity index (χ4n) is 4.32. The third-order valence-corrected chi connectivity index (χ3v) is 7.34. The van der Waals surface area contributed by atoms with Gasteiger partial charge in [0.05, 0.1) is 39.5 Å². The number of rotatable bonds is 24. The van der Waals surface area contributed by atoms with Gasteiger partial charge in [-0.3, -0.25) is 14.1 Å². The van der Waals surface area contributed by atoms with Crippen molar-refractivity contribution in [2.75, 3.05) is 46.1 Å². The van der Waals surface area contributed by atoms with Crippen LogP contribution >= 0.6 is 0 Å². The Morgan fingerprint density at radius 3 is 1.95 bits per heavy atom. The third kappa shape index (κ3) is 23.4. The molecule has 0 aliphatic heterocycles. The summed E-state index contributed by atoms with van der Waals surface area (Å²) in [5.74, 6) is -0.762. The van der Waals surface area contributed by atoms with Crippen LogP contribution in [0, 0.1) is 0 Å². The maximum Gasteiger partial charge on any atom is 0.328 e. The van der Waals surface area contributed by atoms with E-state index in [9.17, 15) is 22.8 Å². The van der Waals surface area contributed by atoms with E-state index in [0.29, 0.717) is 32.2 Å². The smallest absolute Gasteiger partial charge is 0.328 e. The largest absolute Gasteiger partial charge is 0.464 e. The van der Waals surface area contributed by atoms with Crippen molar-refractivity contribution in [3.63, 3.8) is 0 Å². The Labute approximate surface area is 231 Å². The number of quaternary nitrogens is 1. The summed E-state index contributed by atoms with van der Waals surface area (Å²) >= 11 is 0. The monoisotopic (exact) mass is 564 g/mol. The first-order valence-corrected chi connectivity index (χ1v) is 15.9. The molecule has 0 saturated carbocycles. The lowest BCUT2D eigenvalue weighted by Gasteiger charge is -2.29. The molecule has 3 N–H and O–H groups in total. The Hall–Kier alpha value is -1.72. The first-order valence-electron chi connectivity index (χ1n) is 14.3. The lowest BCUT2D eigenvalue weighted by Crippen LogP contribution is -2.41. The summed E-state index contributed by atoms with van der Waals surface area (Å²) in [6.45, 7) is 6.00. The highest BCUT2D eigenvalue weighted by Crippen LogP contribution is 2.12. The van der Waals surface area contributed by atoms with Crippen LogP contribution in [0.2, 0.25) is 0 Å². The molecule has 0 rings (SSSR count). The van der Waals surface area contributed by atoms with E-state index in [2.05, 4.69) is 24.7 Å². The van der Waals surface area contributed by atoms with E-state index < -0.39 is 22.1 Å². The zero-order chi connectivity index (χ0) is 28.9. The van der Waals surface area contributed by atoms with Gasteiger partial charge in [-0.2, -0.15) is 8.42 Å². The molecule has 1 unspecified atom stereocenters. The van der Waals surface area contributed by atoms with Gasteiger partial charge in [0, 0.05) is 19.9 Å². The highest BCUT2D eigenvalue weighted by atomic mass is 32.2.